The molecular weight excluding hydrogens is 324 g/mol. The van der Waals surface area contributed by atoms with Crippen molar-refractivity contribution in [2.24, 2.45) is 5.73 Å². The van der Waals surface area contributed by atoms with Crippen LogP contribution in [0.4, 0.5) is 5.69 Å². The van der Waals surface area contributed by atoms with Crippen molar-refractivity contribution in [3.63, 3.8) is 0 Å². The van der Waals surface area contributed by atoms with E-state index in [1.165, 1.54) is 12.1 Å². The highest BCUT2D eigenvalue weighted by atomic mass is 16.2. The van der Waals surface area contributed by atoms with Crippen molar-refractivity contribution in [3.8, 4) is 0 Å². The van der Waals surface area contributed by atoms with Crippen LogP contribution in [0.3, 0.4) is 0 Å². The number of nitrogens with zero attached hydrogens (tertiary/aromatic N) is 3. The minimum absolute atomic E-state index is 0.342. The molecule has 1 atom stereocenters. The van der Waals surface area contributed by atoms with Crippen LogP contribution in [-0.2, 0) is 4.79 Å². The van der Waals surface area contributed by atoms with Crippen LogP contribution in [-0.4, -0.2) is 67.6 Å². The summed E-state index contributed by atoms with van der Waals surface area (Å²) < 4.78 is 0. The molecule has 0 bridgehead atoms. The molecule has 0 aromatic heterocycles. The molecule has 2 heterocycles. The van der Waals surface area contributed by atoms with E-state index in [0.29, 0.717) is 18.4 Å². The maximum Gasteiger partial charge on any atom is 0.222 e. The first-order chi connectivity index (χ1) is 12.8. The van der Waals surface area contributed by atoms with Crippen LogP contribution in [0.2, 0.25) is 0 Å². The largest absolute Gasteiger partial charge is 0.369 e. The molecule has 2 fully saturated rings. The standard InChI is InChI=1S/C21H34N4O/c22-12-6-2-5-11-21(26)25-13-7-10-20(18-25)24-16-14-23(15-17-24)19-8-3-1-4-9-19/h1,3-4,8-9,20H,2,5-7,10-18,22H2/t20-/m0/s1. The molecule has 0 saturated carbocycles. The molecular formula is C21H34N4O. The van der Waals surface area contributed by atoms with Crippen LogP contribution in [0, 0.1) is 0 Å². The first-order valence-electron chi connectivity index (χ1n) is 10.3. The number of carbonyl (C=O) groups excluding carboxylic acids is 1. The number of amides is 1. The fourth-order valence-electron chi connectivity index (χ4n) is 4.22. The number of benzene rings is 1. The van der Waals surface area contributed by atoms with Crippen LogP contribution in [0.1, 0.15) is 38.5 Å². The number of likely N-dealkylation sites (tertiary alicyclic amines) is 1. The number of hydrogen-bond acceptors (Lipinski definition) is 4. The second-order valence-electron chi connectivity index (χ2n) is 7.59. The summed E-state index contributed by atoms with van der Waals surface area (Å²) in [7, 11) is 0. The van der Waals surface area contributed by atoms with Crippen LogP contribution in [0.5, 0.6) is 0 Å². The van der Waals surface area contributed by atoms with Crippen molar-refractivity contribution in [2.45, 2.75) is 44.6 Å². The SMILES string of the molecule is NCCCCCC(=O)N1CCC[C@H](N2CCN(c3ccccc3)CC2)C1. The minimum Gasteiger partial charge on any atom is -0.369 e. The van der Waals surface area contributed by atoms with Gasteiger partial charge < -0.3 is 15.5 Å². The van der Waals surface area contributed by atoms with Crippen molar-refractivity contribution in [1.82, 2.24) is 9.80 Å². The zero-order valence-electron chi connectivity index (χ0n) is 16.0. The van der Waals surface area contributed by atoms with Crippen LogP contribution in [0.25, 0.3) is 0 Å². The predicted octanol–water partition coefficient (Wildman–Crippen LogP) is 2.32. The lowest BCUT2D eigenvalue weighted by Gasteiger charge is -2.44. The van der Waals surface area contributed by atoms with E-state index in [2.05, 4.69) is 45.0 Å². The van der Waals surface area contributed by atoms with Gasteiger partial charge in [-0.25, -0.2) is 0 Å². The fourth-order valence-corrected chi connectivity index (χ4v) is 4.22. The minimum atomic E-state index is 0.342. The third kappa shape index (κ3) is 5.21. The van der Waals surface area contributed by atoms with E-state index in [9.17, 15) is 4.79 Å². The first kappa shape index (κ1) is 19.2. The van der Waals surface area contributed by atoms with Crippen LogP contribution >= 0.6 is 0 Å². The van der Waals surface area contributed by atoms with Crippen LogP contribution in [0.15, 0.2) is 30.3 Å². The third-order valence-electron chi connectivity index (χ3n) is 5.80. The Hall–Kier alpha value is -1.59. The zero-order chi connectivity index (χ0) is 18.2. The number of para-hydroxylation sites is 1. The number of rotatable bonds is 7. The van der Waals surface area contributed by atoms with Gasteiger partial charge in [0.15, 0.2) is 0 Å². The van der Waals surface area contributed by atoms with E-state index >= 15 is 0 Å². The number of carbonyl (C=O) groups is 1. The van der Waals surface area contributed by atoms with E-state index in [4.69, 9.17) is 5.73 Å². The van der Waals surface area contributed by atoms with Gasteiger partial charge >= 0.3 is 0 Å². The number of anilines is 1. The lowest BCUT2D eigenvalue weighted by Crippen LogP contribution is -2.55. The number of hydrogen-bond donors (Lipinski definition) is 1. The lowest BCUT2D eigenvalue weighted by atomic mass is 10.0. The van der Waals surface area contributed by atoms with Crippen molar-refractivity contribution < 1.29 is 4.79 Å². The second kappa shape index (κ2) is 9.93. The summed E-state index contributed by atoms with van der Waals surface area (Å²) in [6, 6.07) is 11.2. The van der Waals surface area contributed by atoms with Gasteiger partial charge in [-0.15, -0.1) is 0 Å². The summed E-state index contributed by atoms with van der Waals surface area (Å²) in [6.07, 6.45) is 6.13. The average molecular weight is 359 g/mol. The molecule has 2 N–H and O–H groups in total. The highest BCUT2D eigenvalue weighted by molar-refractivity contribution is 5.76. The van der Waals surface area contributed by atoms with E-state index in [-0.39, 0.29) is 0 Å². The van der Waals surface area contributed by atoms with E-state index < -0.39 is 0 Å². The van der Waals surface area contributed by atoms with Crippen molar-refractivity contribution in [1.29, 1.82) is 0 Å². The Balaban J connectivity index is 1.44. The molecule has 2 aliphatic rings. The van der Waals surface area contributed by atoms with Gasteiger partial charge in [0.05, 0.1) is 0 Å². The maximum absolute atomic E-state index is 12.5. The van der Waals surface area contributed by atoms with Crippen molar-refractivity contribution >= 4 is 11.6 Å². The van der Waals surface area contributed by atoms with Gasteiger partial charge in [-0.2, -0.15) is 0 Å². The fraction of sp³-hybridized carbons (Fsp3) is 0.667. The van der Waals surface area contributed by atoms with E-state index in [1.807, 2.05) is 0 Å². The van der Waals surface area contributed by atoms with Gasteiger partial charge in [0, 0.05) is 57.4 Å². The smallest absolute Gasteiger partial charge is 0.222 e. The Morgan fingerprint density at radius 1 is 1.00 bits per heavy atom. The molecule has 1 amide bonds. The average Bonchev–Trinajstić information content (AvgIpc) is 2.72. The Bertz CT molecular complexity index is 542. The Labute approximate surface area is 158 Å². The van der Waals surface area contributed by atoms with Crippen molar-refractivity contribution in [2.75, 3.05) is 50.7 Å². The number of piperazine rings is 1. The summed E-state index contributed by atoms with van der Waals surface area (Å²) in [5, 5.41) is 0. The summed E-state index contributed by atoms with van der Waals surface area (Å²) in [6.45, 7) is 6.93. The summed E-state index contributed by atoms with van der Waals surface area (Å²) >= 11 is 0. The molecule has 0 unspecified atom stereocenters. The highest BCUT2D eigenvalue weighted by Crippen LogP contribution is 2.21. The van der Waals surface area contributed by atoms with Crippen molar-refractivity contribution in [3.05, 3.63) is 30.3 Å². The second-order valence-corrected chi connectivity index (χ2v) is 7.59. The summed E-state index contributed by atoms with van der Waals surface area (Å²) in [4.78, 5) is 19.7. The van der Waals surface area contributed by atoms with E-state index in [1.54, 1.807) is 0 Å². The van der Waals surface area contributed by atoms with Crippen LogP contribution < -0.4 is 10.6 Å². The predicted molar refractivity (Wildman–Crippen MR) is 107 cm³/mol. The molecule has 0 radical (unpaired) electrons. The summed E-state index contributed by atoms with van der Waals surface area (Å²) in [5.41, 5.74) is 6.86. The topological polar surface area (TPSA) is 52.8 Å². The Kier molecular flexibility index (Phi) is 7.32. The molecule has 2 aliphatic heterocycles. The Morgan fingerprint density at radius 2 is 1.77 bits per heavy atom. The molecule has 5 heteroatoms. The summed E-state index contributed by atoms with van der Waals surface area (Å²) in [5.74, 6) is 0.342. The van der Waals surface area contributed by atoms with Gasteiger partial charge in [-0.05, 0) is 44.4 Å². The maximum atomic E-state index is 12.5. The van der Waals surface area contributed by atoms with Gasteiger partial charge in [0.2, 0.25) is 5.91 Å². The van der Waals surface area contributed by atoms with Gasteiger partial charge in [0.1, 0.15) is 0 Å². The quantitative estimate of drug-likeness (QED) is 0.760. The molecule has 26 heavy (non-hydrogen) atoms. The lowest BCUT2D eigenvalue weighted by molar-refractivity contribution is -0.133. The third-order valence-corrected chi connectivity index (χ3v) is 5.80. The molecule has 5 nitrogen and oxygen atoms in total. The molecule has 1 aromatic rings. The normalized spacial score (nSPS) is 21.8. The molecule has 0 aliphatic carbocycles. The molecule has 3 rings (SSSR count). The molecule has 144 valence electrons. The van der Waals surface area contributed by atoms with Gasteiger partial charge in [-0.3, -0.25) is 9.69 Å². The van der Waals surface area contributed by atoms with E-state index in [0.717, 1.165) is 71.5 Å². The number of nitrogens with two attached hydrogens (primary N) is 1. The first-order valence-corrected chi connectivity index (χ1v) is 10.3. The molecule has 1 aromatic carbocycles. The monoisotopic (exact) mass is 358 g/mol. The Morgan fingerprint density at radius 3 is 2.50 bits per heavy atom. The molecule has 0 spiro atoms. The zero-order valence-corrected chi connectivity index (χ0v) is 16.0. The highest BCUT2D eigenvalue weighted by Gasteiger charge is 2.29. The van der Waals surface area contributed by atoms with Gasteiger partial charge in [0.25, 0.3) is 0 Å². The molecule has 2 saturated heterocycles. The number of unbranched alkanes of at least 4 members (excludes halogenated alkanes) is 2. The number of piperidine rings is 1. The van der Waals surface area contributed by atoms with Gasteiger partial charge in [-0.1, -0.05) is 24.6 Å².